The number of carbonyl (C=O) groups excluding carboxylic acids is 1. The van der Waals surface area contributed by atoms with E-state index in [1.807, 2.05) is 13.8 Å². The summed E-state index contributed by atoms with van der Waals surface area (Å²) in [5, 5.41) is 11.6. The van der Waals surface area contributed by atoms with Gasteiger partial charge in [-0.05, 0) is 32.4 Å². The molecule has 1 aromatic heterocycles. The molecule has 0 saturated carbocycles. The number of nitrogens with one attached hydrogen (secondary N) is 1. The minimum absolute atomic E-state index is 0.160. The molecular weight excluding hydrogens is 294 g/mol. The summed E-state index contributed by atoms with van der Waals surface area (Å²) in [4.78, 5) is 23.1. The van der Waals surface area contributed by atoms with Crippen LogP contribution in [0.5, 0.6) is 0 Å². The summed E-state index contributed by atoms with van der Waals surface area (Å²) in [6.07, 6.45) is 1.19. The number of carbonyl (C=O) groups is 2. The summed E-state index contributed by atoms with van der Waals surface area (Å²) in [6.45, 7) is 5.49. The van der Waals surface area contributed by atoms with Crippen LogP contribution in [0.25, 0.3) is 0 Å². The Hall–Kier alpha value is -1.44. The van der Waals surface area contributed by atoms with Crippen LogP contribution >= 0.6 is 11.3 Å². The van der Waals surface area contributed by atoms with E-state index in [-0.39, 0.29) is 17.1 Å². The molecule has 7 heteroatoms. The van der Waals surface area contributed by atoms with E-state index in [1.54, 1.807) is 0 Å². The van der Waals surface area contributed by atoms with Gasteiger partial charge in [0.15, 0.2) is 6.29 Å². The van der Waals surface area contributed by atoms with Crippen molar-refractivity contribution in [3.63, 3.8) is 0 Å². The van der Waals surface area contributed by atoms with Crippen molar-refractivity contribution >= 4 is 23.2 Å². The van der Waals surface area contributed by atoms with E-state index in [2.05, 4.69) is 5.32 Å². The van der Waals surface area contributed by atoms with Crippen LogP contribution in [0.1, 0.15) is 46.0 Å². The summed E-state index contributed by atoms with van der Waals surface area (Å²) < 4.78 is 10.8. The molecule has 0 aromatic carbocycles. The molecule has 0 bridgehead atoms. The van der Waals surface area contributed by atoms with Gasteiger partial charge in [0.1, 0.15) is 4.88 Å². The van der Waals surface area contributed by atoms with Crippen molar-refractivity contribution in [3.8, 4) is 0 Å². The lowest BCUT2D eigenvalue weighted by molar-refractivity contribution is -0.139. The maximum atomic E-state index is 11.8. The predicted molar refractivity (Wildman–Crippen MR) is 79.9 cm³/mol. The Morgan fingerprint density at radius 1 is 1.24 bits per heavy atom. The molecule has 21 heavy (non-hydrogen) atoms. The van der Waals surface area contributed by atoms with E-state index in [4.69, 9.17) is 14.6 Å². The van der Waals surface area contributed by atoms with Gasteiger partial charge in [0.05, 0.1) is 4.88 Å². The van der Waals surface area contributed by atoms with Crippen molar-refractivity contribution in [2.75, 3.05) is 19.8 Å². The summed E-state index contributed by atoms with van der Waals surface area (Å²) in [6, 6.07) is 2.95. The number of ether oxygens (including phenoxy) is 2. The highest BCUT2D eigenvalue weighted by atomic mass is 32.1. The predicted octanol–water partition coefficient (Wildman–Crippen LogP) is 2.36. The molecule has 1 rings (SSSR count). The molecule has 0 saturated heterocycles. The van der Waals surface area contributed by atoms with Gasteiger partial charge in [-0.15, -0.1) is 11.3 Å². The van der Waals surface area contributed by atoms with E-state index < -0.39 is 5.97 Å². The fourth-order valence-corrected chi connectivity index (χ4v) is 2.48. The zero-order valence-corrected chi connectivity index (χ0v) is 13.1. The SMILES string of the molecule is CCOC(CCCNC(=O)c1ccc(C(=O)O)s1)OCC. The van der Waals surface area contributed by atoms with Crippen LogP contribution in [-0.2, 0) is 9.47 Å². The molecule has 6 nitrogen and oxygen atoms in total. The van der Waals surface area contributed by atoms with E-state index in [0.717, 1.165) is 17.8 Å². The molecule has 0 unspecified atom stereocenters. The van der Waals surface area contributed by atoms with E-state index >= 15 is 0 Å². The summed E-state index contributed by atoms with van der Waals surface area (Å²) in [7, 11) is 0. The smallest absolute Gasteiger partial charge is 0.345 e. The van der Waals surface area contributed by atoms with E-state index in [1.165, 1.54) is 12.1 Å². The van der Waals surface area contributed by atoms with Crippen LogP contribution in [0, 0.1) is 0 Å². The van der Waals surface area contributed by atoms with Gasteiger partial charge in [0.25, 0.3) is 5.91 Å². The molecule has 0 aliphatic rings. The molecule has 1 aromatic rings. The molecular formula is C14H21NO5S. The van der Waals surface area contributed by atoms with Gasteiger partial charge < -0.3 is 19.9 Å². The zero-order chi connectivity index (χ0) is 15.7. The molecule has 2 N–H and O–H groups in total. The van der Waals surface area contributed by atoms with Crippen LogP contribution in [0.3, 0.4) is 0 Å². The molecule has 0 aliphatic carbocycles. The van der Waals surface area contributed by atoms with Gasteiger partial charge in [0, 0.05) is 26.2 Å². The van der Waals surface area contributed by atoms with Gasteiger partial charge in [-0.25, -0.2) is 4.79 Å². The van der Waals surface area contributed by atoms with Crippen molar-refractivity contribution < 1.29 is 24.2 Å². The number of thiophene rings is 1. The molecule has 0 atom stereocenters. The maximum Gasteiger partial charge on any atom is 0.345 e. The highest BCUT2D eigenvalue weighted by molar-refractivity contribution is 7.15. The quantitative estimate of drug-likeness (QED) is 0.511. The fraction of sp³-hybridized carbons (Fsp3) is 0.571. The lowest BCUT2D eigenvalue weighted by Gasteiger charge is -2.16. The van der Waals surface area contributed by atoms with Crippen LogP contribution < -0.4 is 5.32 Å². The average Bonchev–Trinajstić information content (AvgIpc) is 2.93. The number of amides is 1. The van der Waals surface area contributed by atoms with Gasteiger partial charge in [-0.2, -0.15) is 0 Å². The molecule has 0 fully saturated rings. The first-order chi connectivity index (χ1) is 10.1. The maximum absolute atomic E-state index is 11.8. The number of carboxylic acids is 1. The highest BCUT2D eigenvalue weighted by Gasteiger charge is 2.13. The van der Waals surface area contributed by atoms with E-state index in [9.17, 15) is 9.59 Å². The Balaban J connectivity index is 2.30. The van der Waals surface area contributed by atoms with Gasteiger partial charge in [0.2, 0.25) is 0 Å². The van der Waals surface area contributed by atoms with Crippen LogP contribution in [0.4, 0.5) is 0 Å². The Labute approximate surface area is 128 Å². The second-order valence-electron chi connectivity index (χ2n) is 4.21. The first-order valence-corrected chi connectivity index (χ1v) is 7.74. The largest absolute Gasteiger partial charge is 0.477 e. The van der Waals surface area contributed by atoms with Crippen LogP contribution in [-0.4, -0.2) is 43.0 Å². The minimum atomic E-state index is -1.02. The first-order valence-electron chi connectivity index (χ1n) is 6.93. The highest BCUT2D eigenvalue weighted by Crippen LogP contribution is 2.16. The number of aromatic carboxylic acids is 1. The van der Waals surface area contributed by atoms with Gasteiger partial charge >= 0.3 is 5.97 Å². The Bertz CT molecular complexity index is 454. The number of hydrogen-bond acceptors (Lipinski definition) is 5. The Kier molecular flexibility index (Phi) is 7.96. The molecule has 1 heterocycles. The third-order valence-electron chi connectivity index (χ3n) is 2.65. The van der Waals surface area contributed by atoms with Crippen molar-refractivity contribution in [3.05, 3.63) is 21.9 Å². The third-order valence-corrected chi connectivity index (χ3v) is 3.72. The van der Waals surface area contributed by atoms with Gasteiger partial charge in [-0.1, -0.05) is 0 Å². The topological polar surface area (TPSA) is 84.9 Å². The first kappa shape index (κ1) is 17.6. The lowest BCUT2D eigenvalue weighted by atomic mass is 10.3. The number of carboxylic acid groups (broad SMARTS) is 1. The number of rotatable bonds is 10. The fourth-order valence-electron chi connectivity index (χ4n) is 1.72. The van der Waals surface area contributed by atoms with Crippen LogP contribution in [0.2, 0.25) is 0 Å². The number of hydrogen-bond donors (Lipinski definition) is 2. The summed E-state index contributed by atoms with van der Waals surface area (Å²) in [5.41, 5.74) is 0. The summed E-state index contributed by atoms with van der Waals surface area (Å²) in [5.74, 6) is -1.27. The normalized spacial score (nSPS) is 10.8. The van der Waals surface area contributed by atoms with Crippen LogP contribution in [0.15, 0.2) is 12.1 Å². The van der Waals surface area contributed by atoms with Crippen molar-refractivity contribution in [1.82, 2.24) is 5.32 Å². The molecule has 0 radical (unpaired) electrons. The molecule has 0 spiro atoms. The average molecular weight is 315 g/mol. The lowest BCUT2D eigenvalue weighted by Crippen LogP contribution is -2.25. The molecule has 118 valence electrons. The Morgan fingerprint density at radius 2 is 1.86 bits per heavy atom. The standard InChI is InChI=1S/C14H21NO5S/c1-3-19-12(20-4-2)6-5-9-15-13(16)10-7-8-11(21-10)14(17)18/h7-8,12H,3-6,9H2,1-2H3,(H,15,16)(H,17,18). The van der Waals surface area contributed by atoms with Crippen molar-refractivity contribution in [1.29, 1.82) is 0 Å². The molecule has 0 aliphatic heterocycles. The zero-order valence-electron chi connectivity index (χ0n) is 12.3. The second kappa shape index (κ2) is 9.49. The van der Waals surface area contributed by atoms with Crippen molar-refractivity contribution in [2.45, 2.75) is 33.0 Å². The van der Waals surface area contributed by atoms with E-state index in [0.29, 0.717) is 31.1 Å². The summed E-state index contributed by atoms with van der Waals surface area (Å²) >= 11 is 0.969. The third kappa shape index (κ3) is 6.24. The monoisotopic (exact) mass is 315 g/mol. The second-order valence-corrected chi connectivity index (χ2v) is 5.29. The van der Waals surface area contributed by atoms with Gasteiger partial charge in [-0.3, -0.25) is 4.79 Å². The molecule has 1 amide bonds. The minimum Gasteiger partial charge on any atom is -0.477 e. The Morgan fingerprint density at radius 3 is 2.38 bits per heavy atom. The van der Waals surface area contributed by atoms with Crippen molar-refractivity contribution in [2.24, 2.45) is 0 Å².